The van der Waals surface area contributed by atoms with Crippen LogP contribution in [0.3, 0.4) is 0 Å². The standard InChI is InChI=1S/C20H16O6/c21-16(18-7-3-9-25-18)11-13(12-17(22)19-8-4-10-26-19)14-5-1-2-6-15(14)20(23)24/h1-10,13H,11-12H2,(H,23,24). The molecule has 26 heavy (non-hydrogen) atoms. The van der Waals surface area contributed by atoms with Crippen LogP contribution in [0, 0.1) is 0 Å². The molecular weight excluding hydrogens is 336 g/mol. The third-order valence-corrected chi connectivity index (χ3v) is 4.09. The highest BCUT2D eigenvalue weighted by molar-refractivity contribution is 5.97. The van der Waals surface area contributed by atoms with Crippen LogP contribution in [0.5, 0.6) is 0 Å². The van der Waals surface area contributed by atoms with Gasteiger partial charge in [-0.3, -0.25) is 9.59 Å². The zero-order chi connectivity index (χ0) is 18.5. The highest BCUT2D eigenvalue weighted by Gasteiger charge is 2.26. The lowest BCUT2D eigenvalue weighted by Crippen LogP contribution is -2.15. The fourth-order valence-electron chi connectivity index (χ4n) is 2.86. The van der Waals surface area contributed by atoms with Crippen molar-refractivity contribution >= 4 is 17.5 Å². The Labute approximate surface area is 149 Å². The second-order valence-corrected chi connectivity index (χ2v) is 5.80. The average molecular weight is 352 g/mol. The summed E-state index contributed by atoms with van der Waals surface area (Å²) in [6.45, 7) is 0. The molecule has 0 spiro atoms. The first-order valence-electron chi connectivity index (χ1n) is 8.02. The van der Waals surface area contributed by atoms with E-state index >= 15 is 0 Å². The summed E-state index contributed by atoms with van der Waals surface area (Å²) in [6.07, 6.45) is 2.68. The zero-order valence-corrected chi connectivity index (χ0v) is 13.8. The molecule has 0 aliphatic rings. The van der Waals surface area contributed by atoms with E-state index in [-0.39, 0.29) is 41.5 Å². The minimum atomic E-state index is -1.11. The van der Waals surface area contributed by atoms with Gasteiger partial charge in [-0.25, -0.2) is 4.79 Å². The lowest BCUT2D eigenvalue weighted by atomic mass is 9.85. The van der Waals surface area contributed by atoms with Gasteiger partial charge in [-0.1, -0.05) is 18.2 Å². The lowest BCUT2D eigenvalue weighted by Gasteiger charge is -2.17. The molecule has 6 nitrogen and oxygen atoms in total. The molecule has 0 aliphatic carbocycles. The van der Waals surface area contributed by atoms with E-state index in [1.807, 2.05) is 0 Å². The number of rotatable bonds is 8. The molecule has 0 aliphatic heterocycles. The maximum atomic E-state index is 12.5. The van der Waals surface area contributed by atoms with Crippen molar-refractivity contribution < 1.29 is 28.3 Å². The summed E-state index contributed by atoms with van der Waals surface area (Å²) in [5.41, 5.74) is 0.497. The molecule has 3 rings (SSSR count). The van der Waals surface area contributed by atoms with Gasteiger partial charge in [-0.15, -0.1) is 0 Å². The second-order valence-electron chi connectivity index (χ2n) is 5.80. The predicted molar refractivity (Wildman–Crippen MR) is 91.5 cm³/mol. The van der Waals surface area contributed by atoms with Crippen LogP contribution in [0.25, 0.3) is 0 Å². The molecule has 1 aromatic carbocycles. The van der Waals surface area contributed by atoms with E-state index in [1.54, 1.807) is 30.3 Å². The molecule has 132 valence electrons. The van der Waals surface area contributed by atoms with E-state index in [4.69, 9.17) is 8.83 Å². The molecule has 0 amide bonds. The molecule has 0 fully saturated rings. The number of benzene rings is 1. The number of ketones is 2. The number of hydrogen-bond donors (Lipinski definition) is 1. The molecule has 0 saturated carbocycles. The summed E-state index contributed by atoms with van der Waals surface area (Å²) in [5.74, 6) is -1.97. The molecule has 0 atom stereocenters. The van der Waals surface area contributed by atoms with E-state index in [0.717, 1.165) is 0 Å². The number of carboxylic acid groups (broad SMARTS) is 1. The molecule has 0 radical (unpaired) electrons. The number of Topliss-reactive ketones (excluding diaryl/α,β-unsaturated/α-hetero) is 2. The fourth-order valence-corrected chi connectivity index (χ4v) is 2.86. The molecular formula is C20H16O6. The zero-order valence-electron chi connectivity index (χ0n) is 13.8. The Balaban J connectivity index is 1.92. The number of carbonyl (C=O) groups excluding carboxylic acids is 2. The summed E-state index contributed by atoms with van der Waals surface area (Å²) in [6, 6.07) is 12.6. The summed E-state index contributed by atoms with van der Waals surface area (Å²) < 4.78 is 10.2. The van der Waals surface area contributed by atoms with Gasteiger partial charge in [0.25, 0.3) is 0 Å². The minimum Gasteiger partial charge on any atom is -0.478 e. The number of aromatic carboxylic acids is 1. The smallest absolute Gasteiger partial charge is 0.335 e. The first-order chi connectivity index (χ1) is 12.6. The quantitative estimate of drug-likeness (QED) is 0.610. The van der Waals surface area contributed by atoms with Gasteiger partial charge in [0.1, 0.15) is 0 Å². The van der Waals surface area contributed by atoms with Crippen LogP contribution in [-0.4, -0.2) is 22.6 Å². The normalized spacial score (nSPS) is 10.8. The van der Waals surface area contributed by atoms with Crippen LogP contribution in [0.1, 0.15) is 55.8 Å². The molecule has 0 saturated heterocycles. The van der Waals surface area contributed by atoms with E-state index in [9.17, 15) is 19.5 Å². The summed E-state index contributed by atoms with van der Waals surface area (Å²) >= 11 is 0. The minimum absolute atomic E-state index is 0.0513. The van der Waals surface area contributed by atoms with Crippen molar-refractivity contribution in [1.29, 1.82) is 0 Å². The molecule has 2 heterocycles. The lowest BCUT2D eigenvalue weighted by molar-refractivity contribution is 0.0692. The second kappa shape index (κ2) is 7.65. The van der Waals surface area contributed by atoms with Crippen LogP contribution in [0.4, 0.5) is 0 Å². The SMILES string of the molecule is O=C(CC(CC(=O)c1ccco1)c1ccccc1C(=O)O)c1ccco1. The molecule has 6 heteroatoms. The van der Waals surface area contributed by atoms with Crippen LogP contribution >= 0.6 is 0 Å². The van der Waals surface area contributed by atoms with Gasteiger partial charge in [0, 0.05) is 12.8 Å². The van der Waals surface area contributed by atoms with Crippen LogP contribution < -0.4 is 0 Å². The van der Waals surface area contributed by atoms with Crippen molar-refractivity contribution in [1.82, 2.24) is 0 Å². The number of hydrogen-bond acceptors (Lipinski definition) is 5. The first kappa shape index (κ1) is 17.4. The van der Waals surface area contributed by atoms with E-state index in [1.165, 1.54) is 30.7 Å². The van der Waals surface area contributed by atoms with Gasteiger partial charge in [0.15, 0.2) is 23.1 Å². The van der Waals surface area contributed by atoms with Crippen molar-refractivity contribution in [2.75, 3.05) is 0 Å². The summed E-state index contributed by atoms with van der Waals surface area (Å²) in [4.78, 5) is 36.5. The van der Waals surface area contributed by atoms with Crippen molar-refractivity contribution in [2.45, 2.75) is 18.8 Å². The van der Waals surface area contributed by atoms with Crippen LogP contribution in [0.15, 0.2) is 69.9 Å². The van der Waals surface area contributed by atoms with Gasteiger partial charge in [0.2, 0.25) is 0 Å². The van der Waals surface area contributed by atoms with Gasteiger partial charge in [-0.2, -0.15) is 0 Å². The fraction of sp³-hybridized carbons (Fsp3) is 0.150. The Kier molecular flexibility index (Phi) is 5.12. The van der Waals surface area contributed by atoms with Crippen molar-refractivity contribution in [3.05, 3.63) is 83.7 Å². The van der Waals surface area contributed by atoms with E-state index in [2.05, 4.69) is 0 Å². The monoisotopic (exact) mass is 352 g/mol. The van der Waals surface area contributed by atoms with Crippen LogP contribution in [0.2, 0.25) is 0 Å². The molecule has 3 aromatic rings. The number of carboxylic acids is 1. The van der Waals surface area contributed by atoms with E-state index in [0.29, 0.717) is 5.56 Å². The molecule has 0 unspecified atom stereocenters. The van der Waals surface area contributed by atoms with Gasteiger partial charge < -0.3 is 13.9 Å². The third-order valence-electron chi connectivity index (χ3n) is 4.09. The number of furan rings is 2. The van der Waals surface area contributed by atoms with Crippen molar-refractivity contribution in [3.8, 4) is 0 Å². The van der Waals surface area contributed by atoms with Crippen molar-refractivity contribution in [3.63, 3.8) is 0 Å². The van der Waals surface area contributed by atoms with Crippen LogP contribution in [-0.2, 0) is 0 Å². The summed E-state index contributed by atoms with van der Waals surface area (Å²) in [7, 11) is 0. The molecule has 1 N–H and O–H groups in total. The maximum Gasteiger partial charge on any atom is 0.335 e. The third kappa shape index (κ3) is 3.80. The van der Waals surface area contributed by atoms with Gasteiger partial charge >= 0.3 is 5.97 Å². The van der Waals surface area contributed by atoms with Gasteiger partial charge in [-0.05, 0) is 41.8 Å². The van der Waals surface area contributed by atoms with Crippen molar-refractivity contribution in [2.24, 2.45) is 0 Å². The topological polar surface area (TPSA) is 97.7 Å². The van der Waals surface area contributed by atoms with Gasteiger partial charge in [0.05, 0.1) is 18.1 Å². The Morgan fingerprint density at radius 1 is 0.808 bits per heavy atom. The largest absolute Gasteiger partial charge is 0.478 e. The Morgan fingerprint density at radius 2 is 1.35 bits per heavy atom. The highest BCUT2D eigenvalue weighted by Crippen LogP contribution is 2.30. The summed E-state index contributed by atoms with van der Waals surface area (Å²) in [5, 5.41) is 9.44. The Morgan fingerprint density at radius 3 is 1.81 bits per heavy atom. The van der Waals surface area contributed by atoms with E-state index < -0.39 is 11.9 Å². The Bertz CT molecular complexity index is 857. The molecule has 2 aromatic heterocycles. The highest BCUT2D eigenvalue weighted by atomic mass is 16.4. The molecule has 0 bridgehead atoms. The average Bonchev–Trinajstić information content (AvgIpc) is 3.34. The Hall–Kier alpha value is -3.41. The number of carbonyl (C=O) groups is 3. The predicted octanol–water partition coefficient (Wildman–Crippen LogP) is 4.20. The maximum absolute atomic E-state index is 12.5. The first-order valence-corrected chi connectivity index (χ1v) is 8.02.